The fourth-order valence-electron chi connectivity index (χ4n) is 5.17. The molecule has 0 saturated carbocycles. The Labute approximate surface area is 196 Å². The van der Waals surface area contributed by atoms with Gasteiger partial charge in [0.15, 0.2) is 5.72 Å². The number of nitrogens with zero attached hydrogens (tertiary/aromatic N) is 1. The van der Waals surface area contributed by atoms with Gasteiger partial charge in [0.25, 0.3) is 0 Å². The van der Waals surface area contributed by atoms with Crippen LogP contribution in [0.5, 0.6) is 5.75 Å². The van der Waals surface area contributed by atoms with E-state index in [0.29, 0.717) is 21.5 Å². The molecule has 5 N–H and O–H groups in total. The molecular formula is C21H21IN4O6. The van der Waals surface area contributed by atoms with E-state index in [1.165, 1.54) is 13.2 Å². The van der Waals surface area contributed by atoms with E-state index in [2.05, 4.69) is 10.6 Å². The monoisotopic (exact) mass is 552 g/mol. The Morgan fingerprint density at radius 3 is 2.81 bits per heavy atom. The van der Waals surface area contributed by atoms with Crippen LogP contribution < -0.4 is 16.4 Å². The maximum absolute atomic E-state index is 13.7. The zero-order chi connectivity index (χ0) is 22.9. The molecule has 1 aromatic carbocycles. The SMILES string of the molecule is CO[C@@]12C(COC(N)=O)C3=C(C(=O)C(C)=C(Nc4ccc(O)c(I)c4)C3=O)N1CC1NC12. The first-order valence-electron chi connectivity index (χ1n) is 10.0. The van der Waals surface area contributed by atoms with Gasteiger partial charge in [-0.25, -0.2) is 4.79 Å². The number of anilines is 1. The van der Waals surface area contributed by atoms with Gasteiger partial charge in [0.1, 0.15) is 12.4 Å². The van der Waals surface area contributed by atoms with Crippen LogP contribution in [0, 0.1) is 9.49 Å². The standard InChI is InChI=1S/C21H21IN4O6/c1-8-15(24-9-3-4-13(27)11(22)5-9)18(29)14-10(7-32-20(23)30)21(31-2)19-12(25-19)6-26(21)16(14)17(8)28/h3-5,10,12,19,24-25,27H,6-7H2,1-2H3,(H2,23,30)/t10?,12?,19?,21-/m1/s1. The predicted octanol–water partition coefficient (Wildman–Crippen LogP) is 0.812. The first kappa shape index (κ1) is 21.2. The third-order valence-corrected chi connectivity index (χ3v) is 7.51. The van der Waals surface area contributed by atoms with Gasteiger partial charge in [-0.05, 0) is 47.7 Å². The molecule has 1 aromatic rings. The third-order valence-electron chi connectivity index (χ3n) is 6.65. The highest BCUT2D eigenvalue weighted by Gasteiger charge is 2.72. The van der Waals surface area contributed by atoms with Crippen molar-refractivity contribution in [3.8, 4) is 5.75 Å². The molecule has 11 heteroatoms. The average molecular weight is 552 g/mol. The molecule has 4 aliphatic rings. The highest BCUT2D eigenvalue weighted by molar-refractivity contribution is 14.1. The largest absolute Gasteiger partial charge is 0.507 e. The van der Waals surface area contributed by atoms with Gasteiger partial charge in [-0.15, -0.1) is 0 Å². The molecule has 0 bridgehead atoms. The van der Waals surface area contributed by atoms with Crippen LogP contribution in [0.4, 0.5) is 10.5 Å². The number of halogens is 1. The number of carbonyl (C=O) groups excluding carboxylic acids is 3. The molecule has 5 rings (SSSR count). The molecule has 1 aliphatic carbocycles. The molecule has 2 fully saturated rings. The second-order valence-electron chi connectivity index (χ2n) is 8.21. The minimum absolute atomic E-state index is 0.101. The number of piperazine rings is 1. The van der Waals surface area contributed by atoms with E-state index in [1.54, 1.807) is 19.1 Å². The first-order chi connectivity index (χ1) is 15.2. The Kier molecular flexibility index (Phi) is 4.76. The number of phenolic OH excluding ortho intramolecular Hbond substituents is 1. The second kappa shape index (κ2) is 7.18. The number of rotatable bonds is 5. The summed E-state index contributed by atoms with van der Waals surface area (Å²) >= 11 is 1.98. The highest BCUT2D eigenvalue weighted by Crippen LogP contribution is 2.55. The van der Waals surface area contributed by atoms with E-state index in [1.807, 2.05) is 27.5 Å². The van der Waals surface area contributed by atoms with E-state index in [-0.39, 0.29) is 52.8 Å². The van der Waals surface area contributed by atoms with Crippen LogP contribution in [-0.2, 0) is 19.1 Å². The van der Waals surface area contributed by atoms with Crippen LogP contribution in [0.25, 0.3) is 0 Å². The van der Waals surface area contributed by atoms with E-state index < -0.39 is 17.7 Å². The lowest BCUT2D eigenvalue weighted by molar-refractivity contribution is -0.137. The number of benzene rings is 1. The molecule has 32 heavy (non-hydrogen) atoms. The molecule has 3 heterocycles. The summed E-state index contributed by atoms with van der Waals surface area (Å²) in [6, 6.07) is 4.83. The van der Waals surface area contributed by atoms with E-state index in [9.17, 15) is 19.5 Å². The molecule has 3 unspecified atom stereocenters. The minimum Gasteiger partial charge on any atom is -0.507 e. The molecule has 4 atom stereocenters. The van der Waals surface area contributed by atoms with Crippen molar-refractivity contribution < 1.29 is 29.0 Å². The Morgan fingerprint density at radius 2 is 2.16 bits per heavy atom. The van der Waals surface area contributed by atoms with Gasteiger partial charge in [-0.2, -0.15) is 0 Å². The maximum atomic E-state index is 13.7. The summed E-state index contributed by atoms with van der Waals surface area (Å²) in [5.74, 6) is -1.21. The number of nitrogens with two attached hydrogens (primary N) is 1. The number of hydrogen-bond donors (Lipinski definition) is 4. The first-order valence-corrected chi connectivity index (χ1v) is 11.1. The van der Waals surface area contributed by atoms with Gasteiger partial charge in [0.05, 0.1) is 26.9 Å². The molecule has 0 radical (unpaired) electrons. The molecule has 10 nitrogen and oxygen atoms in total. The number of Topliss-reactive ketones (excluding diaryl/α,β-unsaturated/α-hetero) is 2. The number of ether oxygens (including phenoxy) is 2. The lowest BCUT2D eigenvalue weighted by Crippen LogP contribution is -2.55. The van der Waals surface area contributed by atoms with Gasteiger partial charge in [0, 0.05) is 36.5 Å². The van der Waals surface area contributed by atoms with Crippen LogP contribution in [-0.4, -0.2) is 65.7 Å². The summed E-state index contributed by atoms with van der Waals surface area (Å²) < 4.78 is 11.7. The van der Waals surface area contributed by atoms with Crippen LogP contribution in [0.15, 0.2) is 40.7 Å². The lowest BCUT2D eigenvalue weighted by Gasteiger charge is -2.39. The van der Waals surface area contributed by atoms with Crippen LogP contribution >= 0.6 is 22.6 Å². The van der Waals surface area contributed by atoms with Gasteiger partial charge >= 0.3 is 6.09 Å². The predicted molar refractivity (Wildman–Crippen MR) is 120 cm³/mol. The molecular weight excluding hydrogens is 531 g/mol. The smallest absolute Gasteiger partial charge is 0.404 e. The summed E-state index contributed by atoms with van der Waals surface area (Å²) in [7, 11) is 1.53. The molecule has 0 spiro atoms. The number of primary amides is 1. The molecule has 0 aromatic heterocycles. The second-order valence-corrected chi connectivity index (χ2v) is 9.37. The van der Waals surface area contributed by atoms with E-state index >= 15 is 0 Å². The Hall–Kier alpha value is -2.64. The normalized spacial score (nSPS) is 30.3. The number of carbonyl (C=O) groups is 3. The number of amides is 1. The zero-order valence-electron chi connectivity index (χ0n) is 17.3. The number of methoxy groups -OCH3 is 1. The highest BCUT2D eigenvalue weighted by atomic mass is 127. The van der Waals surface area contributed by atoms with Crippen molar-refractivity contribution in [2.24, 2.45) is 11.7 Å². The topological polar surface area (TPSA) is 153 Å². The molecule has 3 aliphatic heterocycles. The molecule has 168 valence electrons. The van der Waals surface area contributed by atoms with Crippen molar-refractivity contribution in [2.75, 3.05) is 25.6 Å². The van der Waals surface area contributed by atoms with Gasteiger partial charge < -0.3 is 35.8 Å². The Morgan fingerprint density at radius 1 is 1.41 bits per heavy atom. The summed E-state index contributed by atoms with van der Waals surface area (Å²) in [4.78, 5) is 40.4. The minimum atomic E-state index is -1.01. The number of allylic oxidation sites excluding steroid dienone is 2. The number of ketones is 2. The number of fused-ring (bicyclic) bond motifs is 4. The van der Waals surface area contributed by atoms with Crippen LogP contribution in [0.1, 0.15) is 6.92 Å². The third kappa shape index (κ3) is 2.80. The van der Waals surface area contributed by atoms with Crippen molar-refractivity contribution in [1.82, 2.24) is 10.2 Å². The van der Waals surface area contributed by atoms with Gasteiger partial charge in [-0.3, -0.25) is 9.59 Å². The summed E-state index contributed by atoms with van der Waals surface area (Å²) in [6.07, 6.45) is -0.964. The van der Waals surface area contributed by atoms with E-state index in [4.69, 9.17) is 15.2 Å². The van der Waals surface area contributed by atoms with E-state index in [0.717, 1.165) is 0 Å². The Balaban J connectivity index is 1.56. The number of nitrogens with one attached hydrogen (secondary N) is 2. The van der Waals surface area contributed by atoms with Crippen molar-refractivity contribution >= 4 is 45.9 Å². The lowest BCUT2D eigenvalue weighted by atomic mass is 9.82. The zero-order valence-corrected chi connectivity index (χ0v) is 19.4. The molecule has 2 saturated heterocycles. The summed E-state index contributed by atoms with van der Waals surface area (Å²) in [6.45, 7) is 1.93. The number of aromatic hydroxyl groups is 1. The van der Waals surface area contributed by atoms with Crippen molar-refractivity contribution in [3.63, 3.8) is 0 Å². The van der Waals surface area contributed by atoms with Gasteiger partial charge in [0.2, 0.25) is 11.6 Å². The Bertz CT molecular complexity index is 1150. The summed E-state index contributed by atoms with van der Waals surface area (Å²) in [5.41, 5.74) is 5.73. The number of hydrogen-bond acceptors (Lipinski definition) is 9. The van der Waals surface area contributed by atoms with Crippen molar-refractivity contribution in [1.29, 1.82) is 0 Å². The fourth-order valence-corrected chi connectivity index (χ4v) is 5.69. The fraction of sp³-hybridized carbons (Fsp3) is 0.381. The van der Waals surface area contributed by atoms with Gasteiger partial charge in [-0.1, -0.05) is 0 Å². The average Bonchev–Trinajstić information content (AvgIpc) is 3.36. The quantitative estimate of drug-likeness (QED) is 0.180. The van der Waals surface area contributed by atoms with Crippen molar-refractivity contribution in [2.45, 2.75) is 24.7 Å². The van der Waals surface area contributed by atoms with Crippen LogP contribution in [0.3, 0.4) is 0 Å². The van der Waals surface area contributed by atoms with Crippen molar-refractivity contribution in [3.05, 3.63) is 44.3 Å². The number of phenols is 1. The molecule has 1 amide bonds. The van der Waals surface area contributed by atoms with Crippen LogP contribution in [0.2, 0.25) is 0 Å². The maximum Gasteiger partial charge on any atom is 0.404 e. The summed E-state index contributed by atoms with van der Waals surface area (Å²) in [5, 5.41) is 16.1.